The minimum atomic E-state index is -1.17. The Balaban J connectivity index is 2.01. The molecule has 3 aromatic rings. The van der Waals surface area contributed by atoms with E-state index in [4.69, 9.17) is 11.6 Å². The van der Waals surface area contributed by atoms with Crippen molar-refractivity contribution >= 4 is 29.2 Å². The minimum absolute atomic E-state index is 0.0426. The monoisotopic (exact) mass is 367 g/mol. The average Bonchev–Trinajstić information content (AvgIpc) is 2.64. The molecule has 3 aromatic carbocycles. The first-order valence-electron chi connectivity index (χ1n) is 7.68. The summed E-state index contributed by atoms with van der Waals surface area (Å²) in [6.45, 7) is 0. The molecule has 1 amide bonds. The molecule has 3 rings (SSSR count). The number of aromatic carboxylic acids is 1. The first kappa shape index (κ1) is 17.5. The lowest BCUT2D eigenvalue weighted by atomic mass is 10.0. The van der Waals surface area contributed by atoms with Crippen molar-refractivity contribution in [1.82, 2.24) is 0 Å². The van der Waals surface area contributed by atoms with E-state index in [0.29, 0.717) is 0 Å². The SMILES string of the molecule is O=C(Nc1cc(-c2ccccc2)ccc1C(=O)O)c1cc(Cl)ccc1O. The van der Waals surface area contributed by atoms with Crippen LogP contribution in [0.3, 0.4) is 0 Å². The summed E-state index contributed by atoms with van der Waals surface area (Å²) < 4.78 is 0. The van der Waals surface area contributed by atoms with Crippen LogP contribution in [0.15, 0.2) is 66.7 Å². The number of phenols is 1. The topological polar surface area (TPSA) is 86.6 Å². The van der Waals surface area contributed by atoms with Gasteiger partial charge in [-0.3, -0.25) is 4.79 Å². The predicted octanol–water partition coefficient (Wildman–Crippen LogP) is 4.66. The first-order chi connectivity index (χ1) is 12.5. The fourth-order valence-electron chi connectivity index (χ4n) is 2.52. The summed E-state index contributed by atoms with van der Waals surface area (Å²) in [7, 11) is 0. The Morgan fingerprint density at radius 2 is 1.58 bits per heavy atom. The maximum atomic E-state index is 12.5. The van der Waals surface area contributed by atoms with Gasteiger partial charge in [0.15, 0.2) is 0 Å². The maximum absolute atomic E-state index is 12.5. The van der Waals surface area contributed by atoms with Gasteiger partial charge in [0.25, 0.3) is 5.91 Å². The Morgan fingerprint density at radius 3 is 2.27 bits per heavy atom. The maximum Gasteiger partial charge on any atom is 0.337 e. The van der Waals surface area contributed by atoms with Crippen LogP contribution >= 0.6 is 11.6 Å². The molecule has 0 fully saturated rings. The molecule has 130 valence electrons. The summed E-state index contributed by atoms with van der Waals surface area (Å²) in [5.41, 5.74) is 1.66. The fourth-order valence-corrected chi connectivity index (χ4v) is 2.70. The number of carbonyl (C=O) groups is 2. The second-order valence-corrected chi connectivity index (χ2v) is 5.98. The standard InChI is InChI=1S/C20H14ClNO4/c21-14-7-9-18(23)16(11-14)19(24)22-17-10-13(6-8-15(17)20(25)26)12-4-2-1-3-5-12/h1-11,23H,(H,22,24)(H,25,26). The zero-order chi connectivity index (χ0) is 18.7. The second kappa shape index (κ2) is 7.29. The number of hydrogen-bond donors (Lipinski definition) is 3. The molecule has 0 saturated carbocycles. The Bertz CT molecular complexity index is 986. The lowest BCUT2D eigenvalue weighted by Crippen LogP contribution is -2.15. The highest BCUT2D eigenvalue weighted by Gasteiger charge is 2.17. The van der Waals surface area contributed by atoms with Crippen molar-refractivity contribution in [2.75, 3.05) is 5.32 Å². The molecule has 26 heavy (non-hydrogen) atoms. The summed E-state index contributed by atoms with van der Waals surface area (Å²) in [6, 6.07) is 18.1. The number of rotatable bonds is 4. The van der Waals surface area contributed by atoms with Crippen LogP contribution in [0.4, 0.5) is 5.69 Å². The molecule has 0 atom stereocenters. The van der Waals surface area contributed by atoms with Crippen LogP contribution in [0.25, 0.3) is 11.1 Å². The van der Waals surface area contributed by atoms with Crippen LogP contribution < -0.4 is 5.32 Å². The van der Waals surface area contributed by atoms with Gasteiger partial charge in [-0.25, -0.2) is 4.79 Å². The van der Waals surface area contributed by atoms with E-state index in [1.807, 2.05) is 30.3 Å². The Labute approximate surface area is 154 Å². The van der Waals surface area contributed by atoms with Gasteiger partial charge in [-0.1, -0.05) is 48.0 Å². The molecular formula is C20H14ClNO4. The van der Waals surface area contributed by atoms with E-state index in [9.17, 15) is 19.8 Å². The number of halogens is 1. The first-order valence-corrected chi connectivity index (χ1v) is 8.06. The Morgan fingerprint density at radius 1 is 0.846 bits per heavy atom. The Hall–Kier alpha value is -3.31. The summed E-state index contributed by atoms with van der Waals surface area (Å²) in [5.74, 6) is -2.07. The normalized spacial score (nSPS) is 10.3. The van der Waals surface area contributed by atoms with Crippen LogP contribution in [0.5, 0.6) is 5.75 Å². The van der Waals surface area contributed by atoms with Gasteiger partial charge in [-0.05, 0) is 41.5 Å². The van der Waals surface area contributed by atoms with Gasteiger partial charge in [-0.15, -0.1) is 0 Å². The lowest BCUT2D eigenvalue weighted by molar-refractivity contribution is 0.0698. The number of amides is 1. The highest BCUT2D eigenvalue weighted by molar-refractivity contribution is 6.31. The van der Waals surface area contributed by atoms with Crippen molar-refractivity contribution in [2.24, 2.45) is 0 Å². The van der Waals surface area contributed by atoms with Crippen molar-refractivity contribution < 1.29 is 19.8 Å². The van der Waals surface area contributed by atoms with Gasteiger partial charge in [0.05, 0.1) is 16.8 Å². The summed E-state index contributed by atoms with van der Waals surface area (Å²) in [6.07, 6.45) is 0. The van der Waals surface area contributed by atoms with E-state index in [2.05, 4.69) is 5.32 Å². The molecule has 0 spiro atoms. The third-order valence-corrected chi connectivity index (χ3v) is 4.04. The smallest absolute Gasteiger partial charge is 0.337 e. The fraction of sp³-hybridized carbons (Fsp3) is 0. The van der Waals surface area contributed by atoms with E-state index in [1.54, 1.807) is 12.1 Å². The van der Waals surface area contributed by atoms with Crippen LogP contribution in [0.2, 0.25) is 5.02 Å². The molecule has 0 unspecified atom stereocenters. The average molecular weight is 368 g/mol. The zero-order valence-corrected chi connectivity index (χ0v) is 14.2. The number of carboxylic acids is 1. The van der Waals surface area contributed by atoms with E-state index in [0.717, 1.165) is 11.1 Å². The molecule has 0 heterocycles. The predicted molar refractivity (Wildman–Crippen MR) is 99.9 cm³/mol. The third-order valence-electron chi connectivity index (χ3n) is 3.81. The molecule has 6 heteroatoms. The molecule has 0 aliphatic carbocycles. The number of aromatic hydroxyl groups is 1. The summed E-state index contributed by atoms with van der Waals surface area (Å²) in [4.78, 5) is 24.0. The molecule has 0 aliphatic heterocycles. The molecule has 0 bridgehead atoms. The molecule has 0 aliphatic rings. The van der Waals surface area contributed by atoms with Crippen molar-refractivity contribution in [3.8, 4) is 16.9 Å². The third kappa shape index (κ3) is 3.68. The quantitative estimate of drug-likeness (QED) is 0.625. The molecule has 5 nitrogen and oxygen atoms in total. The van der Waals surface area contributed by atoms with Gasteiger partial charge in [0.2, 0.25) is 0 Å². The van der Waals surface area contributed by atoms with Crippen molar-refractivity contribution in [1.29, 1.82) is 0 Å². The van der Waals surface area contributed by atoms with Crippen molar-refractivity contribution in [3.63, 3.8) is 0 Å². The van der Waals surface area contributed by atoms with E-state index >= 15 is 0 Å². The summed E-state index contributed by atoms with van der Waals surface area (Å²) >= 11 is 5.87. The number of nitrogens with one attached hydrogen (secondary N) is 1. The molecule has 3 N–H and O–H groups in total. The Kier molecular flexibility index (Phi) is 4.91. The van der Waals surface area contributed by atoms with E-state index in [1.165, 1.54) is 24.3 Å². The number of phenolic OH excluding ortho intramolecular Hbond substituents is 1. The van der Waals surface area contributed by atoms with Crippen LogP contribution in [0, 0.1) is 0 Å². The largest absolute Gasteiger partial charge is 0.507 e. The number of hydrogen-bond acceptors (Lipinski definition) is 3. The summed E-state index contributed by atoms with van der Waals surface area (Å²) in [5, 5.41) is 22.1. The van der Waals surface area contributed by atoms with Gasteiger partial charge in [0.1, 0.15) is 5.75 Å². The highest BCUT2D eigenvalue weighted by atomic mass is 35.5. The van der Waals surface area contributed by atoms with Crippen molar-refractivity contribution in [2.45, 2.75) is 0 Å². The van der Waals surface area contributed by atoms with E-state index in [-0.39, 0.29) is 27.6 Å². The van der Waals surface area contributed by atoms with Crippen LogP contribution in [-0.4, -0.2) is 22.1 Å². The van der Waals surface area contributed by atoms with Crippen LogP contribution in [0.1, 0.15) is 20.7 Å². The molecule has 0 aromatic heterocycles. The number of carbonyl (C=O) groups excluding carboxylic acids is 1. The molecule has 0 radical (unpaired) electrons. The molecule has 0 saturated heterocycles. The van der Waals surface area contributed by atoms with Gasteiger partial charge in [0, 0.05) is 5.02 Å². The second-order valence-electron chi connectivity index (χ2n) is 5.55. The van der Waals surface area contributed by atoms with Crippen molar-refractivity contribution in [3.05, 3.63) is 82.9 Å². The lowest BCUT2D eigenvalue weighted by Gasteiger charge is -2.12. The number of anilines is 1. The van der Waals surface area contributed by atoms with E-state index < -0.39 is 11.9 Å². The number of benzene rings is 3. The van der Waals surface area contributed by atoms with Gasteiger partial charge in [-0.2, -0.15) is 0 Å². The van der Waals surface area contributed by atoms with Gasteiger partial charge >= 0.3 is 5.97 Å². The highest BCUT2D eigenvalue weighted by Crippen LogP contribution is 2.28. The molecular weight excluding hydrogens is 354 g/mol. The zero-order valence-electron chi connectivity index (χ0n) is 13.4. The number of carboxylic acid groups (broad SMARTS) is 1. The van der Waals surface area contributed by atoms with Gasteiger partial charge < -0.3 is 15.5 Å². The van der Waals surface area contributed by atoms with Crippen LogP contribution in [-0.2, 0) is 0 Å². The minimum Gasteiger partial charge on any atom is -0.507 e.